The quantitative estimate of drug-likeness (QED) is 0.845. The molecule has 4 nitrogen and oxygen atoms in total. The van der Waals surface area contributed by atoms with Crippen LogP contribution < -0.4 is 10.1 Å². The van der Waals surface area contributed by atoms with Crippen molar-refractivity contribution in [2.45, 2.75) is 26.8 Å². The Morgan fingerprint density at radius 3 is 3.00 bits per heavy atom. The Bertz CT molecular complexity index is 513. The summed E-state index contributed by atoms with van der Waals surface area (Å²) in [4.78, 5) is 9.97. The molecule has 2 aromatic rings. The van der Waals surface area contributed by atoms with E-state index in [9.17, 15) is 0 Å². The van der Waals surface area contributed by atoms with E-state index in [2.05, 4.69) is 22.2 Å². The lowest BCUT2D eigenvalue weighted by molar-refractivity contribution is 0.309. The molecule has 0 radical (unpaired) electrons. The van der Waals surface area contributed by atoms with Gasteiger partial charge in [-0.25, -0.2) is 9.97 Å². The van der Waals surface area contributed by atoms with Gasteiger partial charge in [-0.15, -0.1) is 11.3 Å². The normalized spacial score (nSPS) is 10.6. The van der Waals surface area contributed by atoms with Crippen molar-refractivity contribution in [2.75, 3.05) is 13.2 Å². The molecule has 0 aliphatic heterocycles. The maximum absolute atomic E-state index is 5.69. The Hall–Kier alpha value is -1.46. The number of thiazole rings is 1. The second-order valence-corrected chi connectivity index (χ2v) is 5.15. The fraction of sp³-hybridized carbons (Fsp3) is 0.429. The number of aryl methyl sites for hydroxylation is 1. The number of hydrogen-bond acceptors (Lipinski definition) is 5. The summed E-state index contributed by atoms with van der Waals surface area (Å²) in [7, 11) is 0. The average molecular weight is 277 g/mol. The third-order valence-electron chi connectivity index (χ3n) is 2.76. The number of aromatic nitrogens is 2. The standard InChI is InChI=1S/C14H19N3OS/c1-3-15-9-12-5-4-6-14(17-12)18-8-7-13-11(2)16-10-19-13/h4-6,10,15H,3,7-9H2,1-2H3. The molecule has 2 aromatic heterocycles. The first-order chi connectivity index (χ1) is 9.29. The topological polar surface area (TPSA) is 47.0 Å². The van der Waals surface area contributed by atoms with E-state index in [1.54, 1.807) is 11.3 Å². The van der Waals surface area contributed by atoms with Crippen molar-refractivity contribution in [2.24, 2.45) is 0 Å². The largest absolute Gasteiger partial charge is 0.477 e. The molecule has 0 atom stereocenters. The highest BCUT2D eigenvalue weighted by molar-refractivity contribution is 7.09. The third kappa shape index (κ3) is 4.29. The van der Waals surface area contributed by atoms with E-state index in [1.807, 2.05) is 30.6 Å². The molecular weight excluding hydrogens is 258 g/mol. The Balaban J connectivity index is 1.84. The Kier molecular flexibility index (Phi) is 5.30. The van der Waals surface area contributed by atoms with E-state index < -0.39 is 0 Å². The minimum atomic E-state index is 0.640. The van der Waals surface area contributed by atoms with Crippen LogP contribution >= 0.6 is 11.3 Å². The Morgan fingerprint density at radius 2 is 2.26 bits per heavy atom. The fourth-order valence-electron chi connectivity index (χ4n) is 1.70. The molecule has 2 heterocycles. The summed E-state index contributed by atoms with van der Waals surface area (Å²) >= 11 is 1.68. The molecule has 0 saturated carbocycles. The number of rotatable bonds is 7. The first-order valence-electron chi connectivity index (χ1n) is 6.48. The molecule has 2 rings (SSSR count). The van der Waals surface area contributed by atoms with Crippen molar-refractivity contribution in [3.63, 3.8) is 0 Å². The second kappa shape index (κ2) is 7.21. The highest BCUT2D eigenvalue weighted by Gasteiger charge is 2.03. The molecule has 19 heavy (non-hydrogen) atoms. The summed E-state index contributed by atoms with van der Waals surface area (Å²) < 4.78 is 5.69. The molecule has 0 amide bonds. The van der Waals surface area contributed by atoms with Gasteiger partial charge in [-0.05, 0) is 19.5 Å². The first kappa shape index (κ1) is 14.0. The van der Waals surface area contributed by atoms with E-state index in [0.717, 1.165) is 30.9 Å². The summed E-state index contributed by atoms with van der Waals surface area (Å²) in [5.74, 6) is 0.692. The molecule has 5 heteroatoms. The fourth-order valence-corrected chi connectivity index (χ4v) is 2.47. The maximum atomic E-state index is 5.69. The summed E-state index contributed by atoms with van der Waals surface area (Å²) in [5.41, 5.74) is 3.98. The van der Waals surface area contributed by atoms with E-state index in [1.165, 1.54) is 4.88 Å². The van der Waals surface area contributed by atoms with Gasteiger partial charge in [0.05, 0.1) is 23.5 Å². The molecule has 0 spiro atoms. The Labute approximate surface area is 117 Å². The molecule has 0 bridgehead atoms. The zero-order valence-corrected chi connectivity index (χ0v) is 12.2. The van der Waals surface area contributed by atoms with Crippen LogP contribution in [0.2, 0.25) is 0 Å². The minimum absolute atomic E-state index is 0.640. The van der Waals surface area contributed by atoms with E-state index in [4.69, 9.17) is 4.74 Å². The molecule has 0 saturated heterocycles. The molecule has 1 N–H and O–H groups in total. The van der Waals surface area contributed by atoms with Crippen LogP contribution in [-0.4, -0.2) is 23.1 Å². The summed E-state index contributed by atoms with van der Waals surface area (Å²) in [5, 5.41) is 3.25. The number of pyridine rings is 1. The lowest BCUT2D eigenvalue weighted by atomic mass is 10.3. The number of ether oxygens (including phenoxy) is 1. The first-order valence-corrected chi connectivity index (χ1v) is 7.36. The van der Waals surface area contributed by atoms with E-state index in [0.29, 0.717) is 12.5 Å². The summed E-state index contributed by atoms with van der Waals surface area (Å²) in [6.45, 7) is 6.47. The van der Waals surface area contributed by atoms with Gasteiger partial charge in [-0.3, -0.25) is 0 Å². The van der Waals surface area contributed by atoms with Crippen LogP contribution in [0.5, 0.6) is 5.88 Å². The van der Waals surface area contributed by atoms with Crippen LogP contribution in [-0.2, 0) is 13.0 Å². The van der Waals surface area contributed by atoms with Crippen LogP contribution in [0.15, 0.2) is 23.7 Å². The van der Waals surface area contributed by atoms with Gasteiger partial charge in [0.15, 0.2) is 0 Å². The summed E-state index contributed by atoms with van der Waals surface area (Å²) in [6.07, 6.45) is 0.885. The van der Waals surface area contributed by atoms with Crippen molar-refractivity contribution in [1.82, 2.24) is 15.3 Å². The zero-order chi connectivity index (χ0) is 13.5. The molecule has 0 aromatic carbocycles. The van der Waals surface area contributed by atoms with E-state index in [-0.39, 0.29) is 0 Å². The van der Waals surface area contributed by atoms with Gasteiger partial charge in [0.25, 0.3) is 0 Å². The zero-order valence-electron chi connectivity index (χ0n) is 11.3. The van der Waals surface area contributed by atoms with Crippen LogP contribution in [0.4, 0.5) is 0 Å². The van der Waals surface area contributed by atoms with Gasteiger partial charge in [0, 0.05) is 23.9 Å². The molecule has 0 fully saturated rings. The Morgan fingerprint density at radius 1 is 1.37 bits per heavy atom. The second-order valence-electron chi connectivity index (χ2n) is 4.21. The van der Waals surface area contributed by atoms with Crippen molar-refractivity contribution >= 4 is 11.3 Å². The summed E-state index contributed by atoms with van der Waals surface area (Å²) in [6, 6.07) is 5.88. The van der Waals surface area contributed by atoms with Crippen LogP contribution in [0.25, 0.3) is 0 Å². The molecule has 0 aliphatic carbocycles. The SMILES string of the molecule is CCNCc1cccc(OCCc2scnc2C)n1. The van der Waals surface area contributed by atoms with Crippen molar-refractivity contribution < 1.29 is 4.74 Å². The highest BCUT2D eigenvalue weighted by Crippen LogP contribution is 2.14. The van der Waals surface area contributed by atoms with Crippen molar-refractivity contribution in [3.8, 4) is 5.88 Å². The van der Waals surface area contributed by atoms with Crippen LogP contribution in [0, 0.1) is 6.92 Å². The van der Waals surface area contributed by atoms with Crippen LogP contribution in [0.3, 0.4) is 0 Å². The average Bonchev–Trinajstić information content (AvgIpc) is 2.83. The molecule has 102 valence electrons. The van der Waals surface area contributed by atoms with Crippen LogP contribution in [0.1, 0.15) is 23.2 Å². The number of nitrogens with one attached hydrogen (secondary N) is 1. The minimum Gasteiger partial charge on any atom is -0.477 e. The van der Waals surface area contributed by atoms with Gasteiger partial charge < -0.3 is 10.1 Å². The van der Waals surface area contributed by atoms with E-state index >= 15 is 0 Å². The molecular formula is C14H19N3OS. The van der Waals surface area contributed by atoms with Gasteiger partial charge >= 0.3 is 0 Å². The monoisotopic (exact) mass is 277 g/mol. The van der Waals surface area contributed by atoms with Gasteiger partial charge in [0.2, 0.25) is 5.88 Å². The predicted molar refractivity (Wildman–Crippen MR) is 77.7 cm³/mol. The number of hydrogen-bond donors (Lipinski definition) is 1. The maximum Gasteiger partial charge on any atom is 0.213 e. The number of nitrogens with zero attached hydrogens (tertiary/aromatic N) is 2. The molecule has 0 aliphatic rings. The van der Waals surface area contributed by atoms with Crippen molar-refractivity contribution in [3.05, 3.63) is 40.0 Å². The van der Waals surface area contributed by atoms with Crippen molar-refractivity contribution in [1.29, 1.82) is 0 Å². The van der Waals surface area contributed by atoms with Gasteiger partial charge in [0.1, 0.15) is 0 Å². The molecule has 0 unspecified atom stereocenters. The predicted octanol–water partition coefficient (Wildman–Crippen LogP) is 2.58. The highest BCUT2D eigenvalue weighted by atomic mass is 32.1. The smallest absolute Gasteiger partial charge is 0.213 e. The lowest BCUT2D eigenvalue weighted by Gasteiger charge is -2.07. The van der Waals surface area contributed by atoms with Gasteiger partial charge in [-0.1, -0.05) is 13.0 Å². The lowest BCUT2D eigenvalue weighted by Crippen LogP contribution is -2.13. The van der Waals surface area contributed by atoms with Gasteiger partial charge in [-0.2, -0.15) is 0 Å². The third-order valence-corrected chi connectivity index (χ3v) is 3.76.